The first-order valence-corrected chi connectivity index (χ1v) is 10.0. The molecule has 0 radical (unpaired) electrons. The topological polar surface area (TPSA) is 66.8 Å². The van der Waals surface area contributed by atoms with Crippen LogP contribution in [0.4, 0.5) is 0 Å². The van der Waals surface area contributed by atoms with Crippen LogP contribution in [-0.2, 0) is 6.42 Å². The highest BCUT2D eigenvalue weighted by molar-refractivity contribution is 5.97. The van der Waals surface area contributed by atoms with Gasteiger partial charge in [0, 0.05) is 5.56 Å². The molecule has 4 heteroatoms. The third-order valence-corrected chi connectivity index (χ3v) is 5.02. The number of benzene rings is 3. The van der Waals surface area contributed by atoms with Gasteiger partial charge in [0.1, 0.15) is 17.1 Å². The van der Waals surface area contributed by atoms with Crippen LogP contribution in [0.15, 0.2) is 72.3 Å². The molecule has 0 saturated heterocycles. The van der Waals surface area contributed by atoms with Gasteiger partial charge in [-0.2, -0.15) is 0 Å². The molecule has 4 nitrogen and oxygen atoms in total. The zero-order chi connectivity index (χ0) is 22.4. The average Bonchev–Trinajstić information content (AvgIpc) is 2.77. The Hall–Kier alpha value is -3.79. The summed E-state index contributed by atoms with van der Waals surface area (Å²) in [6.45, 7) is 3.89. The van der Waals surface area contributed by atoms with Crippen molar-refractivity contribution in [1.29, 1.82) is 0 Å². The molecule has 0 aliphatic rings. The van der Waals surface area contributed by atoms with Gasteiger partial charge in [-0.1, -0.05) is 78.4 Å². The number of ether oxygens (including phenoxy) is 1. The number of aromatic carboxylic acids is 1. The molecule has 0 heterocycles. The van der Waals surface area contributed by atoms with Crippen molar-refractivity contribution in [3.63, 3.8) is 0 Å². The number of methoxy groups -OCH3 is 1. The zero-order valence-corrected chi connectivity index (χ0v) is 17.9. The molecule has 0 bridgehead atoms. The van der Waals surface area contributed by atoms with Gasteiger partial charge in [-0.15, -0.1) is 0 Å². The van der Waals surface area contributed by atoms with Crippen LogP contribution in [-0.4, -0.2) is 23.3 Å². The van der Waals surface area contributed by atoms with E-state index in [0.717, 1.165) is 22.3 Å². The summed E-state index contributed by atoms with van der Waals surface area (Å²) in [5, 5.41) is 20.4. The highest BCUT2D eigenvalue weighted by Gasteiger charge is 2.21. The number of carbonyl (C=O) groups is 1. The lowest BCUT2D eigenvalue weighted by atomic mass is 9.97. The first-order chi connectivity index (χ1) is 14.9. The van der Waals surface area contributed by atoms with E-state index >= 15 is 0 Å². The van der Waals surface area contributed by atoms with E-state index < -0.39 is 5.97 Å². The first kappa shape index (κ1) is 21.9. The van der Waals surface area contributed by atoms with Gasteiger partial charge in [-0.25, -0.2) is 4.79 Å². The van der Waals surface area contributed by atoms with Crippen LogP contribution in [0.3, 0.4) is 0 Å². The van der Waals surface area contributed by atoms with Crippen molar-refractivity contribution in [3.8, 4) is 22.6 Å². The van der Waals surface area contributed by atoms with E-state index in [0.29, 0.717) is 23.3 Å². The number of allylic oxidation sites excluding steroid dienone is 2. The molecule has 2 N–H and O–H groups in total. The summed E-state index contributed by atoms with van der Waals surface area (Å²) in [5.74, 6) is -0.986. The van der Waals surface area contributed by atoms with Crippen molar-refractivity contribution in [1.82, 2.24) is 0 Å². The Morgan fingerprint density at radius 1 is 0.968 bits per heavy atom. The number of rotatable bonds is 7. The van der Waals surface area contributed by atoms with Crippen molar-refractivity contribution in [2.24, 2.45) is 0 Å². The van der Waals surface area contributed by atoms with Crippen LogP contribution in [0.25, 0.3) is 23.3 Å². The van der Waals surface area contributed by atoms with E-state index in [1.165, 1.54) is 7.11 Å². The first-order valence-electron chi connectivity index (χ1n) is 10.0. The van der Waals surface area contributed by atoms with Crippen LogP contribution in [0.2, 0.25) is 0 Å². The van der Waals surface area contributed by atoms with Crippen LogP contribution in [0.5, 0.6) is 11.5 Å². The molecule has 0 saturated carbocycles. The van der Waals surface area contributed by atoms with Crippen LogP contribution in [0.1, 0.15) is 40.9 Å². The molecule has 0 amide bonds. The van der Waals surface area contributed by atoms with Crippen molar-refractivity contribution < 1.29 is 19.7 Å². The summed E-state index contributed by atoms with van der Waals surface area (Å²) in [6.07, 6.45) is 5.83. The molecular formula is C27H26O4. The van der Waals surface area contributed by atoms with Crippen molar-refractivity contribution >= 4 is 18.1 Å². The number of aromatic hydroxyl groups is 1. The summed E-state index contributed by atoms with van der Waals surface area (Å²) in [5.41, 5.74) is 4.94. The summed E-state index contributed by atoms with van der Waals surface area (Å²) in [7, 11) is 1.51. The van der Waals surface area contributed by atoms with Gasteiger partial charge in [-0.3, -0.25) is 0 Å². The molecule has 31 heavy (non-hydrogen) atoms. The fourth-order valence-corrected chi connectivity index (χ4v) is 3.35. The Balaban J connectivity index is 1.96. The van der Waals surface area contributed by atoms with Crippen molar-refractivity contribution in [3.05, 3.63) is 94.6 Å². The van der Waals surface area contributed by atoms with Gasteiger partial charge in [0.15, 0.2) is 0 Å². The van der Waals surface area contributed by atoms with Gasteiger partial charge >= 0.3 is 5.97 Å². The Labute approximate surface area is 182 Å². The highest BCUT2D eigenvalue weighted by atomic mass is 16.5. The lowest BCUT2D eigenvalue weighted by Gasteiger charge is -2.14. The molecule has 3 aromatic carbocycles. The fraction of sp³-hybridized carbons (Fsp3) is 0.148. The molecule has 3 aromatic rings. The molecule has 0 aliphatic carbocycles. The number of carboxylic acid groups (broad SMARTS) is 1. The van der Waals surface area contributed by atoms with Crippen LogP contribution >= 0.6 is 0 Å². The second-order valence-electron chi connectivity index (χ2n) is 7.48. The normalized spacial score (nSPS) is 10.8. The Bertz CT molecular complexity index is 1120. The summed E-state index contributed by atoms with van der Waals surface area (Å²) >= 11 is 0. The minimum absolute atomic E-state index is 0.130. The number of hydrogen-bond acceptors (Lipinski definition) is 3. The van der Waals surface area contributed by atoms with E-state index in [9.17, 15) is 15.0 Å². The second kappa shape index (κ2) is 9.81. The largest absolute Gasteiger partial charge is 0.507 e. The maximum absolute atomic E-state index is 11.9. The monoisotopic (exact) mass is 414 g/mol. The predicted molar refractivity (Wildman–Crippen MR) is 126 cm³/mol. The highest BCUT2D eigenvalue weighted by Crippen LogP contribution is 2.36. The number of hydrogen-bond donors (Lipinski definition) is 2. The Morgan fingerprint density at radius 3 is 2.19 bits per heavy atom. The third kappa shape index (κ3) is 5.23. The van der Waals surface area contributed by atoms with E-state index in [2.05, 4.69) is 12.1 Å². The molecule has 158 valence electrons. The molecule has 0 aromatic heterocycles. The van der Waals surface area contributed by atoms with Gasteiger partial charge in [0.05, 0.1) is 7.11 Å². The molecule has 0 spiro atoms. The molecule has 0 aliphatic heterocycles. The lowest BCUT2D eigenvalue weighted by molar-refractivity contribution is 0.0693. The summed E-state index contributed by atoms with van der Waals surface area (Å²) in [6, 6.07) is 19.7. The van der Waals surface area contributed by atoms with E-state index in [1.807, 2.05) is 68.5 Å². The van der Waals surface area contributed by atoms with E-state index in [-0.39, 0.29) is 11.3 Å². The van der Waals surface area contributed by atoms with Gasteiger partial charge < -0.3 is 14.9 Å². The van der Waals surface area contributed by atoms with Gasteiger partial charge in [-0.05, 0) is 48.6 Å². The summed E-state index contributed by atoms with van der Waals surface area (Å²) in [4.78, 5) is 11.9. The SMILES string of the molecule is COc1cc(/C=C/c2ccc(-c3ccccc3)cc2)c(C(=O)O)c(O)c1CC=C(C)C. The van der Waals surface area contributed by atoms with Gasteiger partial charge in [0.25, 0.3) is 0 Å². The number of carboxylic acids is 1. The predicted octanol–water partition coefficient (Wildman–Crippen LogP) is 6.45. The van der Waals surface area contributed by atoms with Crippen molar-refractivity contribution in [2.75, 3.05) is 7.11 Å². The second-order valence-corrected chi connectivity index (χ2v) is 7.48. The third-order valence-electron chi connectivity index (χ3n) is 5.02. The minimum Gasteiger partial charge on any atom is -0.507 e. The maximum Gasteiger partial charge on any atom is 0.340 e. The minimum atomic E-state index is -1.18. The van der Waals surface area contributed by atoms with E-state index in [4.69, 9.17) is 4.74 Å². The van der Waals surface area contributed by atoms with E-state index in [1.54, 1.807) is 12.1 Å². The zero-order valence-electron chi connectivity index (χ0n) is 17.9. The standard InChI is InChI=1S/C27H26O4/c1-18(2)9-16-23-24(31-3)17-22(25(26(23)28)27(29)30)15-12-19-10-13-21(14-11-19)20-7-5-4-6-8-20/h4-15,17,28H,16H2,1-3H3,(H,29,30)/b15-12+. The quantitative estimate of drug-likeness (QED) is 0.345. The number of phenols is 1. The van der Waals surface area contributed by atoms with Crippen molar-refractivity contribution in [2.45, 2.75) is 20.3 Å². The Morgan fingerprint density at radius 2 is 1.61 bits per heavy atom. The van der Waals surface area contributed by atoms with Gasteiger partial charge in [0.2, 0.25) is 0 Å². The van der Waals surface area contributed by atoms with Crippen LogP contribution < -0.4 is 4.74 Å². The maximum atomic E-state index is 11.9. The molecule has 3 rings (SSSR count). The fourth-order valence-electron chi connectivity index (χ4n) is 3.35. The smallest absolute Gasteiger partial charge is 0.340 e. The molecule has 0 unspecified atom stereocenters. The molecule has 0 fully saturated rings. The summed E-state index contributed by atoms with van der Waals surface area (Å²) < 4.78 is 5.43. The lowest BCUT2D eigenvalue weighted by Crippen LogP contribution is -2.04. The average molecular weight is 415 g/mol. The Kier molecular flexibility index (Phi) is 6.93. The molecule has 0 atom stereocenters. The van der Waals surface area contributed by atoms with Crippen LogP contribution in [0, 0.1) is 0 Å². The molecular weight excluding hydrogens is 388 g/mol.